The molecular formula is C10H16N2O2. The molecule has 78 valence electrons. The highest BCUT2D eigenvalue weighted by molar-refractivity contribution is 5.11. The third-order valence-corrected chi connectivity index (χ3v) is 2.83. The SMILES string of the molecule is N#CC1(CNC2COCCOC2)CC1. The number of rotatable bonds is 3. The van der Waals surface area contributed by atoms with Gasteiger partial charge in [0, 0.05) is 6.54 Å². The summed E-state index contributed by atoms with van der Waals surface area (Å²) in [5.74, 6) is 0. The summed E-state index contributed by atoms with van der Waals surface area (Å²) in [4.78, 5) is 0. The summed E-state index contributed by atoms with van der Waals surface area (Å²) in [7, 11) is 0. The van der Waals surface area contributed by atoms with Gasteiger partial charge in [0.15, 0.2) is 0 Å². The molecule has 1 N–H and O–H groups in total. The fourth-order valence-corrected chi connectivity index (χ4v) is 1.55. The van der Waals surface area contributed by atoms with Crippen molar-refractivity contribution in [3.05, 3.63) is 0 Å². The van der Waals surface area contributed by atoms with Crippen molar-refractivity contribution in [1.82, 2.24) is 5.32 Å². The molecule has 4 nitrogen and oxygen atoms in total. The lowest BCUT2D eigenvalue weighted by Crippen LogP contribution is -2.39. The van der Waals surface area contributed by atoms with E-state index in [2.05, 4.69) is 11.4 Å². The third-order valence-electron chi connectivity index (χ3n) is 2.83. The molecule has 0 atom stereocenters. The van der Waals surface area contributed by atoms with Gasteiger partial charge in [-0.1, -0.05) is 0 Å². The van der Waals surface area contributed by atoms with Crippen molar-refractivity contribution >= 4 is 0 Å². The molecule has 0 aromatic heterocycles. The summed E-state index contributed by atoms with van der Waals surface area (Å²) in [5.41, 5.74) is -0.0771. The molecule has 1 heterocycles. The van der Waals surface area contributed by atoms with Gasteiger partial charge in [-0.05, 0) is 12.8 Å². The first-order chi connectivity index (χ1) is 6.85. The monoisotopic (exact) mass is 196 g/mol. The Hall–Kier alpha value is -0.630. The van der Waals surface area contributed by atoms with Gasteiger partial charge in [0.05, 0.1) is 44.0 Å². The number of hydrogen-bond acceptors (Lipinski definition) is 4. The minimum absolute atomic E-state index is 0.0771. The van der Waals surface area contributed by atoms with Gasteiger partial charge in [-0.25, -0.2) is 0 Å². The number of ether oxygens (including phenoxy) is 2. The molecule has 0 aromatic rings. The van der Waals surface area contributed by atoms with E-state index >= 15 is 0 Å². The normalized spacial score (nSPS) is 26.5. The molecule has 0 spiro atoms. The summed E-state index contributed by atoms with van der Waals surface area (Å²) >= 11 is 0. The Morgan fingerprint density at radius 1 is 1.29 bits per heavy atom. The Labute approximate surface area is 84.2 Å². The molecule has 2 aliphatic rings. The summed E-state index contributed by atoms with van der Waals surface area (Å²) in [5, 5.41) is 12.2. The van der Waals surface area contributed by atoms with Crippen molar-refractivity contribution in [2.24, 2.45) is 5.41 Å². The standard InChI is InChI=1S/C10H16N2O2/c11-7-10(1-2-10)8-12-9-5-13-3-4-14-6-9/h9,12H,1-6,8H2. The Balaban J connectivity index is 1.71. The van der Waals surface area contributed by atoms with Gasteiger partial charge in [-0.2, -0.15) is 5.26 Å². The summed E-state index contributed by atoms with van der Waals surface area (Å²) in [6.45, 7) is 3.53. The van der Waals surface area contributed by atoms with Crippen LogP contribution in [-0.2, 0) is 9.47 Å². The number of hydrogen-bond donors (Lipinski definition) is 1. The topological polar surface area (TPSA) is 54.3 Å². The molecule has 1 aliphatic heterocycles. The Morgan fingerprint density at radius 3 is 2.43 bits per heavy atom. The van der Waals surface area contributed by atoms with E-state index in [1.165, 1.54) is 0 Å². The lowest BCUT2D eigenvalue weighted by molar-refractivity contribution is 0.103. The van der Waals surface area contributed by atoms with Crippen LogP contribution in [0.15, 0.2) is 0 Å². The molecular weight excluding hydrogens is 180 g/mol. The molecule has 0 bridgehead atoms. The zero-order valence-corrected chi connectivity index (χ0v) is 8.29. The van der Waals surface area contributed by atoms with E-state index in [9.17, 15) is 0 Å². The maximum Gasteiger partial charge on any atom is 0.0703 e. The molecule has 0 amide bonds. The van der Waals surface area contributed by atoms with Crippen LogP contribution in [0.3, 0.4) is 0 Å². The highest BCUT2D eigenvalue weighted by atomic mass is 16.5. The van der Waals surface area contributed by atoms with Crippen LogP contribution in [0.25, 0.3) is 0 Å². The second kappa shape index (κ2) is 4.26. The maximum absolute atomic E-state index is 8.89. The van der Waals surface area contributed by atoms with E-state index in [1.54, 1.807) is 0 Å². The van der Waals surface area contributed by atoms with Crippen LogP contribution in [0.1, 0.15) is 12.8 Å². The second-order valence-corrected chi connectivity index (χ2v) is 4.12. The zero-order chi connectivity index (χ0) is 9.86. The fourth-order valence-electron chi connectivity index (χ4n) is 1.55. The van der Waals surface area contributed by atoms with Crippen LogP contribution in [0.5, 0.6) is 0 Å². The van der Waals surface area contributed by atoms with Crippen molar-refractivity contribution in [1.29, 1.82) is 5.26 Å². The maximum atomic E-state index is 8.89. The van der Waals surface area contributed by atoms with Crippen molar-refractivity contribution in [2.75, 3.05) is 33.0 Å². The number of nitrogens with one attached hydrogen (secondary N) is 1. The van der Waals surface area contributed by atoms with Gasteiger partial charge < -0.3 is 14.8 Å². The summed E-state index contributed by atoms with van der Waals surface area (Å²) < 4.78 is 10.7. The molecule has 14 heavy (non-hydrogen) atoms. The van der Waals surface area contributed by atoms with E-state index in [1.807, 2.05) is 0 Å². The smallest absolute Gasteiger partial charge is 0.0703 e. The molecule has 0 radical (unpaired) electrons. The quantitative estimate of drug-likeness (QED) is 0.705. The van der Waals surface area contributed by atoms with E-state index in [0.717, 1.165) is 19.4 Å². The molecule has 0 unspecified atom stereocenters. The Kier molecular flexibility index (Phi) is 3.02. The predicted molar refractivity (Wildman–Crippen MR) is 50.7 cm³/mol. The van der Waals surface area contributed by atoms with Gasteiger partial charge in [-0.3, -0.25) is 0 Å². The lowest BCUT2D eigenvalue weighted by atomic mass is 10.1. The molecule has 1 saturated carbocycles. The largest absolute Gasteiger partial charge is 0.377 e. The molecule has 1 aliphatic carbocycles. The van der Waals surface area contributed by atoms with Crippen LogP contribution >= 0.6 is 0 Å². The first kappa shape index (κ1) is 9.91. The highest BCUT2D eigenvalue weighted by Gasteiger charge is 2.43. The molecule has 2 rings (SSSR count). The van der Waals surface area contributed by atoms with E-state index in [0.29, 0.717) is 26.4 Å². The Bertz CT molecular complexity index is 225. The van der Waals surface area contributed by atoms with Crippen LogP contribution in [0.2, 0.25) is 0 Å². The number of nitrogens with zero attached hydrogens (tertiary/aromatic N) is 1. The van der Waals surface area contributed by atoms with Crippen LogP contribution in [-0.4, -0.2) is 39.0 Å². The van der Waals surface area contributed by atoms with Gasteiger partial charge in [0.25, 0.3) is 0 Å². The predicted octanol–water partition coefficient (Wildman–Crippen LogP) is 0.295. The average Bonchev–Trinajstić information content (AvgIpc) is 3.01. The highest BCUT2D eigenvalue weighted by Crippen LogP contribution is 2.44. The summed E-state index contributed by atoms with van der Waals surface area (Å²) in [6.07, 6.45) is 2.07. The molecule has 4 heteroatoms. The van der Waals surface area contributed by atoms with Gasteiger partial charge in [0.2, 0.25) is 0 Å². The van der Waals surface area contributed by atoms with E-state index < -0.39 is 0 Å². The first-order valence-electron chi connectivity index (χ1n) is 5.15. The Morgan fingerprint density at radius 2 is 1.93 bits per heavy atom. The van der Waals surface area contributed by atoms with Gasteiger partial charge in [0.1, 0.15) is 0 Å². The first-order valence-corrected chi connectivity index (χ1v) is 5.15. The van der Waals surface area contributed by atoms with Gasteiger partial charge in [-0.15, -0.1) is 0 Å². The molecule has 0 aromatic carbocycles. The van der Waals surface area contributed by atoms with Crippen molar-refractivity contribution in [3.8, 4) is 6.07 Å². The van der Waals surface area contributed by atoms with Gasteiger partial charge >= 0.3 is 0 Å². The van der Waals surface area contributed by atoms with Crippen LogP contribution in [0, 0.1) is 16.7 Å². The lowest BCUT2D eigenvalue weighted by Gasteiger charge is -2.16. The third kappa shape index (κ3) is 2.44. The molecule has 1 saturated heterocycles. The average molecular weight is 196 g/mol. The van der Waals surface area contributed by atoms with Crippen molar-refractivity contribution < 1.29 is 9.47 Å². The van der Waals surface area contributed by atoms with Crippen LogP contribution in [0.4, 0.5) is 0 Å². The van der Waals surface area contributed by atoms with Crippen molar-refractivity contribution in [3.63, 3.8) is 0 Å². The van der Waals surface area contributed by atoms with E-state index in [4.69, 9.17) is 14.7 Å². The number of nitriles is 1. The minimum atomic E-state index is -0.0771. The van der Waals surface area contributed by atoms with E-state index in [-0.39, 0.29) is 11.5 Å². The molecule has 2 fully saturated rings. The van der Waals surface area contributed by atoms with Crippen molar-refractivity contribution in [2.45, 2.75) is 18.9 Å². The zero-order valence-electron chi connectivity index (χ0n) is 8.29. The van der Waals surface area contributed by atoms with Crippen LogP contribution < -0.4 is 5.32 Å². The fraction of sp³-hybridized carbons (Fsp3) is 0.900. The minimum Gasteiger partial charge on any atom is -0.377 e. The summed E-state index contributed by atoms with van der Waals surface area (Å²) in [6, 6.07) is 2.62. The second-order valence-electron chi connectivity index (χ2n) is 4.12.